The van der Waals surface area contributed by atoms with Crippen LogP contribution in [-0.4, -0.2) is 33.4 Å². The van der Waals surface area contributed by atoms with Crippen LogP contribution in [0.15, 0.2) is 54.7 Å². The highest BCUT2D eigenvalue weighted by molar-refractivity contribution is 6.06. The average Bonchev–Trinajstić information content (AvgIpc) is 3.17. The van der Waals surface area contributed by atoms with Crippen LogP contribution in [0.5, 0.6) is 0 Å². The standard InChI is InChI=1S/C22H23N5O2/c1-26(17-10-3-2-4-11-17)22(29)19-18-12-6-8-14-27(18)20(25-19)21(28)24-15-16-9-5-7-13-23-16/h2-5,7,9-11,13H,6,8,12,14-15H2,1H3,(H,24,28). The number of para-hydroxylation sites is 1. The van der Waals surface area contributed by atoms with Crippen LogP contribution in [0, 0.1) is 0 Å². The molecule has 1 aromatic carbocycles. The fourth-order valence-electron chi connectivity index (χ4n) is 3.57. The van der Waals surface area contributed by atoms with Gasteiger partial charge in [-0.2, -0.15) is 0 Å². The van der Waals surface area contributed by atoms with Gasteiger partial charge in [0.2, 0.25) is 0 Å². The van der Waals surface area contributed by atoms with Crippen molar-refractivity contribution < 1.29 is 9.59 Å². The van der Waals surface area contributed by atoms with E-state index in [2.05, 4.69) is 15.3 Å². The van der Waals surface area contributed by atoms with E-state index >= 15 is 0 Å². The summed E-state index contributed by atoms with van der Waals surface area (Å²) in [7, 11) is 1.73. The van der Waals surface area contributed by atoms with Crippen molar-refractivity contribution in [3.05, 3.63) is 77.6 Å². The first kappa shape index (κ1) is 18.9. The molecule has 7 heteroatoms. The summed E-state index contributed by atoms with van der Waals surface area (Å²) < 4.78 is 1.89. The van der Waals surface area contributed by atoms with Gasteiger partial charge in [-0.25, -0.2) is 4.98 Å². The van der Waals surface area contributed by atoms with Gasteiger partial charge >= 0.3 is 0 Å². The van der Waals surface area contributed by atoms with E-state index in [1.54, 1.807) is 18.1 Å². The Morgan fingerprint density at radius 1 is 1.10 bits per heavy atom. The third kappa shape index (κ3) is 3.89. The summed E-state index contributed by atoms with van der Waals surface area (Å²) in [5, 5.41) is 2.87. The highest BCUT2D eigenvalue weighted by atomic mass is 16.2. The van der Waals surface area contributed by atoms with Crippen LogP contribution < -0.4 is 10.2 Å². The maximum atomic E-state index is 13.1. The third-order valence-corrected chi connectivity index (χ3v) is 5.13. The molecular weight excluding hydrogens is 366 g/mol. The number of nitrogens with one attached hydrogen (secondary N) is 1. The van der Waals surface area contributed by atoms with Gasteiger partial charge in [-0.1, -0.05) is 24.3 Å². The molecule has 0 saturated carbocycles. The lowest BCUT2D eigenvalue weighted by Gasteiger charge is -2.19. The summed E-state index contributed by atoms with van der Waals surface area (Å²) in [4.78, 5) is 36.2. The maximum Gasteiger partial charge on any atom is 0.287 e. The van der Waals surface area contributed by atoms with E-state index in [1.807, 2.05) is 53.1 Å². The van der Waals surface area contributed by atoms with Crippen LogP contribution >= 0.6 is 0 Å². The first-order valence-electron chi connectivity index (χ1n) is 9.76. The Kier molecular flexibility index (Phi) is 5.37. The fourth-order valence-corrected chi connectivity index (χ4v) is 3.57. The molecule has 29 heavy (non-hydrogen) atoms. The zero-order valence-corrected chi connectivity index (χ0v) is 16.3. The molecular formula is C22H23N5O2. The lowest BCUT2D eigenvalue weighted by molar-refractivity contribution is 0.0934. The van der Waals surface area contributed by atoms with Crippen LogP contribution in [0.3, 0.4) is 0 Å². The number of benzene rings is 1. The summed E-state index contributed by atoms with van der Waals surface area (Å²) in [5.41, 5.74) is 2.76. The van der Waals surface area contributed by atoms with E-state index in [9.17, 15) is 9.59 Å². The van der Waals surface area contributed by atoms with Gasteiger partial charge in [0, 0.05) is 25.5 Å². The molecule has 0 fully saturated rings. The van der Waals surface area contributed by atoms with Crippen molar-refractivity contribution in [2.45, 2.75) is 32.4 Å². The Hall–Kier alpha value is -3.48. The second kappa shape index (κ2) is 8.26. The van der Waals surface area contributed by atoms with Gasteiger partial charge in [0.1, 0.15) is 0 Å². The van der Waals surface area contributed by atoms with Crippen molar-refractivity contribution >= 4 is 17.5 Å². The maximum absolute atomic E-state index is 13.1. The number of anilines is 1. The van der Waals surface area contributed by atoms with Gasteiger partial charge in [-0.15, -0.1) is 0 Å². The number of hydrogen-bond donors (Lipinski definition) is 1. The van der Waals surface area contributed by atoms with E-state index in [0.29, 0.717) is 24.6 Å². The van der Waals surface area contributed by atoms with E-state index < -0.39 is 0 Å². The van der Waals surface area contributed by atoms with Crippen molar-refractivity contribution in [3.8, 4) is 0 Å². The second-order valence-corrected chi connectivity index (χ2v) is 7.04. The fraction of sp³-hybridized carbons (Fsp3) is 0.273. The van der Waals surface area contributed by atoms with Crippen molar-refractivity contribution in [1.29, 1.82) is 0 Å². The third-order valence-electron chi connectivity index (χ3n) is 5.13. The van der Waals surface area contributed by atoms with Crippen molar-refractivity contribution in [2.24, 2.45) is 0 Å². The molecule has 0 aliphatic carbocycles. The number of aromatic nitrogens is 3. The molecule has 1 aliphatic rings. The zero-order valence-electron chi connectivity index (χ0n) is 16.3. The molecule has 7 nitrogen and oxygen atoms in total. The number of carbonyl (C=O) groups excluding carboxylic acids is 2. The van der Waals surface area contributed by atoms with Crippen LogP contribution in [0.4, 0.5) is 5.69 Å². The minimum Gasteiger partial charge on any atom is -0.344 e. The first-order valence-corrected chi connectivity index (χ1v) is 9.76. The van der Waals surface area contributed by atoms with Crippen LogP contribution in [0.1, 0.15) is 45.3 Å². The number of pyridine rings is 1. The van der Waals surface area contributed by atoms with E-state index in [1.165, 1.54) is 0 Å². The second-order valence-electron chi connectivity index (χ2n) is 7.04. The summed E-state index contributed by atoms with van der Waals surface area (Å²) in [5.74, 6) is -0.203. The van der Waals surface area contributed by atoms with Gasteiger partial charge < -0.3 is 14.8 Å². The van der Waals surface area contributed by atoms with Crippen LogP contribution in [-0.2, 0) is 19.5 Å². The Morgan fingerprint density at radius 3 is 2.66 bits per heavy atom. The molecule has 1 N–H and O–H groups in total. The van der Waals surface area contributed by atoms with Gasteiger partial charge in [-0.3, -0.25) is 14.6 Å². The molecule has 0 saturated heterocycles. The van der Waals surface area contributed by atoms with Crippen LogP contribution in [0.2, 0.25) is 0 Å². The lowest BCUT2D eigenvalue weighted by atomic mass is 10.1. The minimum atomic E-state index is -0.291. The Labute approximate surface area is 169 Å². The number of imidazole rings is 1. The van der Waals surface area contributed by atoms with Crippen LogP contribution in [0.25, 0.3) is 0 Å². The van der Waals surface area contributed by atoms with Crippen molar-refractivity contribution in [1.82, 2.24) is 19.9 Å². The molecule has 0 atom stereocenters. The minimum absolute atomic E-state index is 0.203. The summed E-state index contributed by atoms with van der Waals surface area (Å²) >= 11 is 0. The molecule has 3 heterocycles. The van der Waals surface area contributed by atoms with Gasteiger partial charge in [0.05, 0.1) is 17.9 Å². The molecule has 0 radical (unpaired) electrons. The highest BCUT2D eigenvalue weighted by Gasteiger charge is 2.29. The zero-order chi connectivity index (χ0) is 20.2. The number of nitrogens with zero attached hydrogens (tertiary/aromatic N) is 4. The molecule has 4 rings (SSSR count). The molecule has 1 aliphatic heterocycles. The topological polar surface area (TPSA) is 80.1 Å². The van der Waals surface area contributed by atoms with E-state index in [-0.39, 0.29) is 11.8 Å². The van der Waals surface area contributed by atoms with E-state index in [4.69, 9.17) is 0 Å². The van der Waals surface area contributed by atoms with Gasteiger partial charge in [-0.05, 0) is 43.5 Å². The van der Waals surface area contributed by atoms with Crippen molar-refractivity contribution in [2.75, 3.05) is 11.9 Å². The molecule has 2 aromatic heterocycles. The molecule has 148 valence electrons. The van der Waals surface area contributed by atoms with Gasteiger partial charge in [0.15, 0.2) is 11.5 Å². The smallest absolute Gasteiger partial charge is 0.287 e. The highest BCUT2D eigenvalue weighted by Crippen LogP contribution is 2.24. The SMILES string of the molecule is CN(C(=O)c1nc(C(=O)NCc2ccccn2)n2c1CCCC2)c1ccccc1. The molecule has 0 spiro atoms. The average molecular weight is 389 g/mol. The normalized spacial score (nSPS) is 12.9. The largest absolute Gasteiger partial charge is 0.344 e. The number of amides is 2. The van der Waals surface area contributed by atoms with Gasteiger partial charge in [0.25, 0.3) is 11.8 Å². The van der Waals surface area contributed by atoms with E-state index in [0.717, 1.165) is 36.3 Å². The monoisotopic (exact) mass is 389 g/mol. The molecule has 0 bridgehead atoms. The summed E-state index contributed by atoms with van der Waals surface area (Å²) in [6.07, 6.45) is 4.38. The number of carbonyl (C=O) groups is 2. The molecule has 2 amide bonds. The summed E-state index contributed by atoms with van der Waals surface area (Å²) in [6, 6.07) is 15.0. The predicted octanol–water partition coefficient (Wildman–Crippen LogP) is 2.82. The Balaban J connectivity index is 1.60. The number of hydrogen-bond acceptors (Lipinski definition) is 4. The molecule has 3 aromatic rings. The summed E-state index contributed by atoms with van der Waals surface area (Å²) in [6.45, 7) is 1.01. The Bertz CT molecular complexity index is 1010. The predicted molar refractivity (Wildman–Crippen MR) is 110 cm³/mol. The number of rotatable bonds is 5. The van der Waals surface area contributed by atoms with Crippen molar-refractivity contribution in [3.63, 3.8) is 0 Å². The molecule has 0 unspecified atom stereocenters. The number of fused-ring (bicyclic) bond motifs is 1. The quantitative estimate of drug-likeness (QED) is 0.728. The Morgan fingerprint density at radius 2 is 1.90 bits per heavy atom. The lowest BCUT2D eigenvalue weighted by Crippen LogP contribution is -2.28. The first-order chi connectivity index (χ1) is 14.1.